The molecule has 11 heteroatoms. The number of piperidine rings is 1. The molecule has 0 aromatic heterocycles. The number of phenols is 1. The second-order valence-corrected chi connectivity index (χ2v) is 10.9. The molecule has 2 aromatic rings. The first-order chi connectivity index (χ1) is 20.1. The van der Waals surface area contributed by atoms with Gasteiger partial charge < -0.3 is 35.9 Å². The number of benzene rings is 2. The van der Waals surface area contributed by atoms with E-state index < -0.39 is 36.0 Å². The Kier molecular flexibility index (Phi) is 12.3. The molecule has 1 unspecified atom stereocenters. The Bertz CT molecular complexity index is 1200. The number of aromatic hydroxyl groups is 1. The SMILES string of the molecule is CC(C)C[C@H](NC(=O)C(Cc1ccc(O)cc1)NC(=O)OCc1ccccc1)C(=O)N[C@H](C=O)C[C@@H]1CCCNC1=O. The number of hydrogen-bond acceptors (Lipinski definition) is 7. The Labute approximate surface area is 245 Å². The summed E-state index contributed by atoms with van der Waals surface area (Å²) in [5.74, 6) is -1.63. The molecule has 0 bridgehead atoms. The van der Waals surface area contributed by atoms with Crippen molar-refractivity contribution in [1.29, 1.82) is 0 Å². The van der Waals surface area contributed by atoms with Crippen LogP contribution in [0.1, 0.15) is 50.7 Å². The number of carbonyl (C=O) groups is 5. The van der Waals surface area contributed by atoms with Crippen molar-refractivity contribution in [2.75, 3.05) is 6.54 Å². The van der Waals surface area contributed by atoms with E-state index in [4.69, 9.17) is 4.74 Å². The van der Waals surface area contributed by atoms with Crippen LogP contribution in [0.15, 0.2) is 54.6 Å². The van der Waals surface area contributed by atoms with E-state index in [1.54, 1.807) is 24.3 Å². The molecule has 4 atom stereocenters. The van der Waals surface area contributed by atoms with Crippen LogP contribution in [0.5, 0.6) is 5.75 Å². The Hall–Kier alpha value is -4.41. The first-order valence-electron chi connectivity index (χ1n) is 14.2. The van der Waals surface area contributed by atoms with Gasteiger partial charge in [0.15, 0.2) is 0 Å². The molecule has 4 amide bonds. The van der Waals surface area contributed by atoms with E-state index in [1.807, 2.05) is 32.0 Å². The molecule has 2 aromatic carbocycles. The molecule has 226 valence electrons. The van der Waals surface area contributed by atoms with Gasteiger partial charge in [-0.25, -0.2) is 4.79 Å². The fourth-order valence-electron chi connectivity index (χ4n) is 4.76. The van der Waals surface area contributed by atoms with Gasteiger partial charge >= 0.3 is 6.09 Å². The van der Waals surface area contributed by atoms with Crippen molar-refractivity contribution in [3.63, 3.8) is 0 Å². The highest BCUT2D eigenvalue weighted by atomic mass is 16.5. The summed E-state index contributed by atoms with van der Waals surface area (Å²) in [5, 5.41) is 20.4. The van der Waals surface area contributed by atoms with E-state index in [-0.39, 0.29) is 49.4 Å². The zero-order chi connectivity index (χ0) is 30.5. The number of ether oxygens (including phenoxy) is 1. The first kappa shape index (κ1) is 32.1. The van der Waals surface area contributed by atoms with Crippen LogP contribution < -0.4 is 21.3 Å². The van der Waals surface area contributed by atoms with Gasteiger partial charge in [-0.05, 0) is 54.9 Å². The fourth-order valence-corrected chi connectivity index (χ4v) is 4.76. The van der Waals surface area contributed by atoms with E-state index in [9.17, 15) is 29.1 Å². The molecular weight excluding hydrogens is 540 g/mol. The van der Waals surface area contributed by atoms with Crippen LogP contribution in [0.25, 0.3) is 0 Å². The lowest BCUT2D eigenvalue weighted by atomic mass is 9.91. The Morgan fingerprint density at radius 1 is 0.976 bits per heavy atom. The molecular formula is C31H40N4O7. The highest BCUT2D eigenvalue weighted by molar-refractivity contribution is 5.92. The molecule has 11 nitrogen and oxygen atoms in total. The van der Waals surface area contributed by atoms with E-state index in [1.165, 1.54) is 12.1 Å². The maximum Gasteiger partial charge on any atom is 0.408 e. The van der Waals surface area contributed by atoms with Gasteiger partial charge in [0.25, 0.3) is 0 Å². The van der Waals surface area contributed by atoms with Crippen molar-refractivity contribution in [2.45, 2.75) is 70.7 Å². The molecule has 1 saturated heterocycles. The molecule has 1 aliphatic rings. The van der Waals surface area contributed by atoms with E-state index in [2.05, 4.69) is 21.3 Å². The zero-order valence-electron chi connectivity index (χ0n) is 24.0. The van der Waals surface area contributed by atoms with Crippen LogP contribution in [-0.2, 0) is 36.9 Å². The maximum atomic E-state index is 13.5. The summed E-state index contributed by atoms with van der Waals surface area (Å²) in [6, 6.07) is 12.3. The smallest absolute Gasteiger partial charge is 0.408 e. The van der Waals surface area contributed by atoms with Gasteiger partial charge in [-0.15, -0.1) is 0 Å². The number of rotatable bonds is 14. The minimum atomic E-state index is -1.10. The fraction of sp³-hybridized carbons (Fsp3) is 0.452. The predicted octanol–water partition coefficient (Wildman–Crippen LogP) is 2.36. The van der Waals surface area contributed by atoms with Gasteiger partial charge in [0.1, 0.15) is 30.7 Å². The molecule has 5 N–H and O–H groups in total. The van der Waals surface area contributed by atoms with Crippen molar-refractivity contribution < 1.29 is 33.8 Å². The second-order valence-electron chi connectivity index (χ2n) is 10.9. The molecule has 1 aliphatic heterocycles. The number of nitrogens with one attached hydrogen (secondary N) is 4. The maximum absolute atomic E-state index is 13.5. The lowest BCUT2D eigenvalue weighted by Crippen LogP contribution is -2.56. The third-order valence-electron chi connectivity index (χ3n) is 6.97. The average molecular weight is 581 g/mol. The standard InChI is InChI=1S/C31H40N4O7/c1-20(2)15-26(29(39)33-24(18-36)17-23-9-6-14-32-28(23)38)34-30(40)27(16-21-10-12-25(37)13-11-21)35-31(41)42-19-22-7-4-3-5-8-22/h3-5,7-8,10-13,18,20,23-24,26-27,37H,6,9,14-17,19H2,1-2H3,(H,32,38)(H,33,39)(H,34,40)(H,35,41)/t23-,24-,26-,27?/m0/s1. The summed E-state index contributed by atoms with van der Waals surface area (Å²) in [7, 11) is 0. The van der Waals surface area contributed by atoms with E-state index >= 15 is 0 Å². The Morgan fingerprint density at radius 3 is 2.31 bits per heavy atom. The van der Waals surface area contributed by atoms with Crippen LogP contribution in [0.2, 0.25) is 0 Å². The lowest BCUT2D eigenvalue weighted by molar-refractivity contribution is -0.132. The van der Waals surface area contributed by atoms with Crippen molar-refractivity contribution in [3.8, 4) is 5.75 Å². The van der Waals surface area contributed by atoms with Crippen molar-refractivity contribution >= 4 is 30.1 Å². The average Bonchev–Trinajstić information content (AvgIpc) is 2.97. The Balaban J connectivity index is 1.70. The molecule has 1 fully saturated rings. The number of phenolic OH excluding ortho intramolecular Hbond substituents is 1. The van der Waals surface area contributed by atoms with Gasteiger partial charge in [0, 0.05) is 18.9 Å². The first-order valence-corrected chi connectivity index (χ1v) is 14.2. The summed E-state index contributed by atoms with van der Waals surface area (Å²) in [5.41, 5.74) is 1.43. The van der Waals surface area contributed by atoms with Crippen molar-refractivity contribution in [3.05, 3.63) is 65.7 Å². The van der Waals surface area contributed by atoms with Crippen molar-refractivity contribution in [1.82, 2.24) is 21.3 Å². The quantitative estimate of drug-likeness (QED) is 0.214. The number of carbonyl (C=O) groups excluding carboxylic acids is 5. The summed E-state index contributed by atoms with van der Waals surface area (Å²) in [4.78, 5) is 63.4. The molecule has 0 saturated carbocycles. The number of alkyl carbamates (subject to hydrolysis) is 1. The zero-order valence-corrected chi connectivity index (χ0v) is 24.0. The van der Waals surface area contributed by atoms with Crippen LogP contribution in [0, 0.1) is 11.8 Å². The van der Waals surface area contributed by atoms with Gasteiger partial charge in [0.2, 0.25) is 17.7 Å². The summed E-state index contributed by atoms with van der Waals surface area (Å²) < 4.78 is 5.31. The summed E-state index contributed by atoms with van der Waals surface area (Å²) in [6.45, 7) is 4.38. The second kappa shape index (κ2) is 16.1. The number of amides is 4. The van der Waals surface area contributed by atoms with E-state index in [0.29, 0.717) is 24.8 Å². The normalized spacial score (nSPS) is 16.8. The third kappa shape index (κ3) is 10.5. The largest absolute Gasteiger partial charge is 0.508 e. The van der Waals surface area contributed by atoms with E-state index in [0.717, 1.165) is 12.0 Å². The highest BCUT2D eigenvalue weighted by Gasteiger charge is 2.31. The van der Waals surface area contributed by atoms with Crippen LogP contribution in [-0.4, -0.2) is 59.9 Å². The number of aldehydes is 1. The van der Waals surface area contributed by atoms with Crippen LogP contribution in [0.3, 0.4) is 0 Å². The van der Waals surface area contributed by atoms with Crippen LogP contribution >= 0.6 is 0 Å². The summed E-state index contributed by atoms with van der Waals surface area (Å²) >= 11 is 0. The monoisotopic (exact) mass is 580 g/mol. The molecule has 0 radical (unpaired) electrons. The molecule has 3 rings (SSSR count). The molecule has 0 aliphatic carbocycles. The minimum Gasteiger partial charge on any atom is -0.508 e. The molecule has 1 heterocycles. The van der Waals surface area contributed by atoms with Gasteiger partial charge in [-0.2, -0.15) is 0 Å². The van der Waals surface area contributed by atoms with Crippen molar-refractivity contribution in [2.24, 2.45) is 11.8 Å². The Morgan fingerprint density at radius 2 is 1.67 bits per heavy atom. The topological polar surface area (TPSA) is 163 Å². The lowest BCUT2D eigenvalue weighted by Gasteiger charge is -2.27. The highest BCUT2D eigenvalue weighted by Crippen LogP contribution is 2.17. The number of hydrogen-bond donors (Lipinski definition) is 5. The van der Waals surface area contributed by atoms with Gasteiger partial charge in [0.05, 0.1) is 6.04 Å². The molecule has 42 heavy (non-hydrogen) atoms. The van der Waals surface area contributed by atoms with Gasteiger partial charge in [-0.1, -0.05) is 56.3 Å². The van der Waals surface area contributed by atoms with Crippen LogP contribution in [0.4, 0.5) is 4.79 Å². The predicted molar refractivity (Wildman–Crippen MR) is 155 cm³/mol. The minimum absolute atomic E-state index is 0.00467. The van der Waals surface area contributed by atoms with Gasteiger partial charge in [-0.3, -0.25) is 14.4 Å². The molecule has 0 spiro atoms. The third-order valence-corrected chi connectivity index (χ3v) is 6.97. The summed E-state index contributed by atoms with van der Waals surface area (Å²) in [6.07, 6.45) is 1.73.